The number of carbonyl (C=O) groups is 1. The van der Waals surface area contributed by atoms with Gasteiger partial charge in [0.1, 0.15) is 5.01 Å². The molecule has 11 heteroatoms. The van der Waals surface area contributed by atoms with E-state index in [9.17, 15) is 9.59 Å². The molecule has 0 saturated carbocycles. The molecule has 1 aliphatic rings. The lowest BCUT2D eigenvalue weighted by Crippen LogP contribution is -2.32. The number of ether oxygens (including phenoxy) is 3. The van der Waals surface area contributed by atoms with Gasteiger partial charge >= 0.3 is 0 Å². The summed E-state index contributed by atoms with van der Waals surface area (Å²) < 4.78 is 21.9. The Morgan fingerprint density at radius 3 is 2.61 bits per heavy atom. The molecule has 6 rings (SSSR count). The molecule has 0 aliphatic carbocycles. The van der Waals surface area contributed by atoms with E-state index in [1.54, 1.807) is 22.1 Å². The molecule has 3 heterocycles. The summed E-state index contributed by atoms with van der Waals surface area (Å²) in [7, 11) is 1.84. The second-order valence-electron chi connectivity index (χ2n) is 11.1. The highest BCUT2D eigenvalue weighted by molar-refractivity contribution is 7.21. The van der Waals surface area contributed by atoms with Crippen molar-refractivity contribution in [3.63, 3.8) is 0 Å². The Kier molecular flexibility index (Phi) is 9.46. The van der Waals surface area contributed by atoms with Crippen LogP contribution < -0.4 is 10.9 Å². The van der Waals surface area contributed by atoms with Gasteiger partial charge in [-0.1, -0.05) is 24.3 Å². The number of fused-ring (bicyclic) bond motifs is 1. The van der Waals surface area contributed by atoms with Crippen molar-refractivity contribution in [2.24, 2.45) is 7.05 Å². The number of hydrogen-bond acceptors (Lipinski definition) is 8. The molecule has 2 aromatic heterocycles. The van der Waals surface area contributed by atoms with Crippen molar-refractivity contribution in [2.45, 2.75) is 32.5 Å². The number of nitrogens with one attached hydrogen (secondary N) is 1. The van der Waals surface area contributed by atoms with Gasteiger partial charge in [0.25, 0.3) is 11.5 Å². The maximum Gasteiger partial charge on any atom is 0.290 e. The number of allylic oxidation sites excluding steroid dienone is 1. The zero-order chi connectivity index (χ0) is 32.2. The molecule has 2 N–H and O–H groups in total. The first-order valence-corrected chi connectivity index (χ1v) is 16.0. The van der Waals surface area contributed by atoms with Crippen LogP contribution in [0, 0.1) is 13.8 Å². The number of amides is 1. The number of rotatable bonds is 11. The predicted octanol–water partition coefficient (Wildman–Crippen LogP) is 5.45. The fourth-order valence-corrected chi connectivity index (χ4v) is 6.65. The molecular weight excluding hydrogens is 604 g/mol. The van der Waals surface area contributed by atoms with Crippen LogP contribution in [0.1, 0.15) is 29.2 Å². The summed E-state index contributed by atoms with van der Waals surface area (Å²) in [5.41, 5.74) is 5.62. The Morgan fingerprint density at radius 2 is 1.85 bits per heavy atom. The van der Waals surface area contributed by atoms with Crippen LogP contribution in [0.15, 0.2) is 89.4 Å². The monoisotopic (exact) mass is 640 g/mol. The maximum absolute atomic E-state index is 13.8. The third kappa shape index (κ3) is 6.68. The van der Waals surface area contributed by atoms with Crippen molar-refractivity contribution in [1.82, 2.24) is 14.3 Å². The Balaban J connectivity index is 1.24. The lowest BCUT2D eigenvalue weighted by atomic mass is 9.93. The molecule has 1 aliphatic heterocycles. The van der Waals surface area contributed by atoms with Gasteiger partial charge in [-0.05, 0) is 74.0 Å². The van der Waals surface area contributed by atoms with E-state index < -0.39 is 18.1 Å². The molecule has 2 atom stereocenters. The van der Waals surface area contributed by atoms with Gasteiger partial charge in [-0.25, -0.2) is 9.67 Å². The second-order valence-corrected chi connectivity index (χ2v) is 12.2. The average molecular weight is 641 g/mol. The number of benzene rings is 3. The minimum atomic E-state index is -0.789. The van der Waals surface area contributed by atoms with Crippen LogP contribution in [-0.4, -0.2) is 58.1 Å². The summed E-state index contributed by atoms with van der Waals surface area (Å²) in [6.07, 6.45) is 1.25. The first-order valence-electron chi connectivity index (χ1n) is 15.1. The highest BCUT2D eigenvalue weighted by Gasteiger charge is 2.33. The molecular formula is C35H36N4O6S. The van der Waals surface area contributed by atoms with Crippen molar-refractivity contribution >= 4 is 33.1 Å². The first-order chi connectivity index (χ1) is 22.3. The van der Waals surface area contributed by atoms with Gasteiger partial charge in [0, 0.05) is 41.9 Å². The van der Waals surface area contributed by atoms with Crippen molar-refractivity contribution in [3.05, 3.63) is 112 Å². The number of aliphatic hydroxyl groups excluding tert-OH is 1. The fourth-order valence-electron chi connectivity index (χ4n) is 5.58. The SMILES string of the molecule is Cc1ccc2nc(-c3ccc(NC(=O)C4=CC(c5c(C)n(C)n(-c6ccccc6)c5=O)CC(OCCOCCO)O4)cc3)sc2c1. The molecule has 0 spiro atoms. The van der Waals surface area contributed by atoms with Crippen LogP contribution in [-0.2, 0) is 26.1 Å². The van der Waals surface area contributed by atoms with Crippen molar-refractivity contribution in [3.8, 4) is 16.3 Å². The normalized spacial score (nSPS) is 16.3. The maximum atomic E-state index is 13.8. The van der Waals surface area contributed by atoms with Crippen LogP contribution >= 0.6 is 11.3 Å². The van der Waals surface area contributed by atoms with Gasteiger partial charge in [0.2, 0.25) is 6.29 Å². The fraction of sp³-hybridized carbons (Fsp3) is 0.286. The van der Waals surface area contributed by atoms with E-state index in [-0.39, 0.29) is 37.7 Å². The van der Waals surface area contributed by atoms with E-state index in [2.05, 4.69) is 24.4 Å². The zero-order valence-corrected chi connectivity index (χ0v) is 26.8. The Bertz CT molecular complexity index is 1930. The highest BCUT2D eigenvalue weighted by Crippen LogP contribution is 2.34. The third-order valence-corrected chi connectivity index (χ3v) is 9.02. The molecule has 5 aromatic rings. The Morgan fingerprint density at radius 1 is 1.07 bits per heavy atom. The molecule has 1 amide bonds. The van der Waals surface area contributed by atoms with Gasteiger partial charge in [0.15, 0.2) is 5.76 Å². The van der Waals surface area contributed by atoms with Crippen molar-refractivity contribution < 1.29 is 24.1 Å². The number of aromatic nitrogens is 3. The standard InChI is InChI=1S/C35H36N4O6S/c1-22-9-14-28-30(19-22)46-34(37-28)24-10-12-26(13-11-24)36-33(41)29-20-25(21-31(45-29)44-18-17-43-16-15-40)32-23(2)38(3)39(35(32)42)27-7-5-4-6-8-27/h4-14,19-20,25,31,40H,15-18,21H2,1-3H3,(H,36,41). The summed E-state index contributed by atoms with van der Waals surface area (Å²) in [5.74, 6) is -0.821. The largest absolute Gasteiger partial charge is 0.459 e. The molecule has 2 unspecified atom stereocenters. The van der Waals surface area contributed by atoms with E-state index in [0.29, 0.717) is 17.7 Å². The lowest BCUT2D eigenvalue weighted by Gasteiger charge is -2.29. The minimum Gasteiger partial charge on any atom is -0.459 e. The highest BCUT2D eigenvalue weighted by atomic mass is 32.1. The molecule has 0 radical (unpaired) electrons. The molecule has 238 valence electrons. The molecule has 3 aromatic carbocycles. The topological polar surface area (TPSA) is 117 Å². The van der Waals surface area contributed by atoms with E-state index in [1.807, 2.05) is 79.3 Å². The molecule has 0 saturated heterocycles. The van der Waals surface area contributed by atoms with Gasteiger partial charge in [-0.2, -0.15) is 0 Å². The molecule has 10 nitrogen and oxygen atoms in total. The zero-order valence-electron chi connectivity index (χ0n) is 25.9. The van der Waals surface area contributed by atoms with Gasteiger partial charge in [-0.3, -0.25) is 14.3 Å². The van der Waals surface area contributed by atoms with Gasteiger partial charge in [0.05, 0.1) is 42.3 Å². The minimum absolute atomic E-state index is 0.0667. The smallest absolute Gasteiger partial charge is 0.290 e. The third-order valence-electron chi connectivity index (χ3n) is 7.95. The van der Waals surface area contributed by atoms with Crippen LogP contribution in [0.5, 0.6) is 0 Å². The summed E-state index contributed by atoms with van der Waals surface area (Å²) in [6, 6.07) is 23.2. The number of aryl methyl sites for hydroxylation is 1. The van der Waals surface area contributed by atoms with Crippen LogP contribution in [0.25, 0.3) is 26.5 Å². The molecule has 46 heavy (non-hydrogen) atoms. The van der Waals surface area contributed by atoms with Crippen LogP contribution in [0.4, 0.5) is 5.69 Å². The number of hydrogen-bond donors (Lipinski definition) is 2. The lowest BCUT2D eigenvalue weighted by molar-refractivity contribution is -0.148. The van der Waals surface area contributed by atoms with E-state index in [1.165, 1.54) is 5.56 Å². The van der Waals surface area contributed by atoms with E-state index >= 15 is 0 Å². The van der Waals surface area contributed by atoms with Gasteiger partial charge < -0.3 is 24.6 Å². The summed E-state index contributed by atoms with van der Waals surface area (Å²) in [6.45, 7) is 4.52. The summed E-state index contributed by atoms with van der Waals surface area (Å²) >= 11 is 1.63. The second kappa shape index (κ2) is 13.8. The predicted molar refractivity (Wildman–Crippen MR) is 178 cm³/mol. The number of anilines is 1. The molecule has 0 fully saturated rings. The summed E-state index contributed by atoms with van der Waals surface area (Å²) in [4.78, 5) is 32.1. The number of thiazole rings is 1. The summed E-state index contributed by atoms with van der Waals surface area (Å²) in [5, 5.41) is 12.8. The number of nitrogens with zero attached hydrogens (tertiary/aromatic N) is 3. The number of carbonyl (C=O) groups excluding carboxylic acids is 1. The van der Waals surface area contributed by atoms with Crippen LogP contribution in [0.2, 0.25) is 0 Å². The Labute approximate surface area is 270 Å². The van der Waals surface area contributed by atoms with Crippen molar-refractivity contribution in [1.29, 1.82) is 0 Å². The first kappa shape index (κ1) is 31.4. The van der Waals surface area contributed by atoms with Crippen molar-refractivity contribution in [2.75, 3.05) is 31.7 Å². The van der Waals surface area contributed by atoms with E-state index in [4.69, 9.17) is 24.3 Å². The number of aliphatic hydroxyl groups is 1. The van der Waals surface area contributed by atoms with Crippen LogP contribution in [0.3, 0.4) is 0 Å². The van der Waals surface area contributed by atoms with Gasteiger partial charge in [-0.15, -0.1) is 11.3 Å². The number of para-hydroxylation sites is 1. The van der Waals surface area contributed by atoms with E-state index in [0.717, 1.165) is 32.2 Å². The Hall–Kier alpha value is -4.55. The average Bonchev–Trinajstić information content (AvgIpc) is 3.58. The molecule has 0 bridgehead atoms. The quantitative estimate of drug-likeness (QED) is 0.185.